The van der Waals surface area contributed by atoms with E-state index in [-0.39, 0.29) is 18.2 Å². The first kappa shape index (κ1) is 12.0. The maximum absolute atomic E-state index is 11.6. The largest absolute Gasteiger partial charge is 0.370 e. The summed E-state index contributed by atoms with van der Waals surface area (Å²) in [6, 6.07) is 4.62. The average molecular weight is 301 g/mol. The molecular formula is C10H9BrN2O4. The average Bonchev–Trinajstić information content (AvgIpc) is 2.30. The smallest absolute Gasteiger partial charge is 0.294 e. The van der Waals surface area contributed by atoms with Crippen LogP contribution in [0.5, 0.6) is 0 Å². The van der Waals surface area contributed by atoms with Gasteiger partial charge in [-0.25, -0.2) is 0 Å². The van der Waals surface area contributed by atoms with Crippen LogP contribution in [-0.4, -0.2) is 30.6 Å². The Hall–Kier alpha value is -1.47. The SMILES string of the molecule is O=C1COCCN1c1ccc(Br)cc1[N+](=O)[O-]. The summed E-state index contributed by atoms with van der Waals surface area (Å²) in [5.74, 6) is -0.262. The predicted molar refractivity (Wildman–Crippen MR) is 64.0 cm³/mol. The molecule has 2 rings (SSSR count). The van der Waals surface area contributed by atoms with Gasteiger partial charge in [0.15, 0.2) is 0 Å². The Morgan fingerprint density at radius 2 is 2.24 bits per heavy atom. The number of halogens is 1. The zero-order valence-electron chi connectivity index (χ0n) is 8.76. The van der Waals surface area contributed by atoms with Crippen LogP contribution in [0, 0.1) is 10.1 Å². The number of hydrogen-bond donors (Lipinski definition) is 0. The molecule has 1 saturated heterocycles. The summed E-state index contributed by atoms with van der Waals surface area (Å²) in [4.78, 5) is 23.4. The van der Waals surface area contributed by atoms with Gasteiger partial charge in [0.2, 0.25) is 0 Å². The molecule has 0 radical (unpaired) electrons. The topological polar surface area (TPSA) is 72.7 Å². The third kappa shape index (κ3) is 2.45. The molecule has 0 bridgehead atoms. The summed E-state index contributed by atoms with van der Waals surface area (Å²) in [5.41, 5.74) is 0.223. The fourth-order valence-corrected chi connectivity index (χ4v) is 1.99. The van der Waals surface area contributed by atoms with E-state index in [1.807, 2.05) is 0 Å². The number of nitro benzene ring substituents is 1. The van der Waals surface area contributed by atoms with Crippen LogP contribution in [0.2, 0.25) is 0 Å². The molecule has 90 valence electrons. The van der Waals surface area contributed by atoms with Crippen molar-refractivity contribution < 1.29 is 14.5 Å². The van der Waals surface area contributed by atoms with Crippen LogP contribution < -0.4 is 4.90 Å². The molecule has 6 nitrogen and oxygen atoms in total. The van der Waals surface area contributed by atoms with E-state index in [9.17, 15) is 14.9 Å². The number of nitro groups is 1. The number of carbonyl (C=O) groups is 1. The van der Waals surface area contributed by atoms with Crippen molar-refractivity contribution in [2.24, 2.45) is 0 Å². The van der Waals surface area contributed by atoms with E-state index in [1.54, 1.807) is 12.1 Å². The maximum Gasteiger partial charge on any atom is 0.294 e. The quantitative estimate of drug-likeness (QED) is 0.616. The van der Waals surface area contributed by atoms with E-state index in [0.29, 0.717) is 23.3 Å². The van der Waals surface area contributed by atoms with Crippen LogP contribution in [-0.2, 0) is 9.53 Å². The highest BCUT2D eigenvalue weighted by molar-refractivity contribution is 9.10. The first-order chi connectivity index (χ1) is 8.09. The highest BCUT2D eigenvalue weighted by Crippen LogP contribution is 2.31. The normalized spacial score (nSPS) is 16.1. The zero-order valence-corrected chi connectivity index (χ0v) is 10.3. The number of morpholine rings is 1. The first-order valence-corrected chi connectivity index (χ1v) is 5.71. The van der Waals surface area contributed by atoms with Crippen LogP contribution in [0.25, 0.3) is 0 Å². The molecule has 0 atom stereocenters. The number of carbonyl (C=O) groups excluding carboxylic acids is 1. The Labute approximate surface area is 105 Å². The molecule has 0 N–H and O–H groups in total. The van der Waals surface area contributed by atoms with Crippen LogP contribution in [0.15, 0.2) is 22.7 Å². The number of benzene rings is 1. The van der Waals surface area contributed by atoms with Crippen molar-refractivity contribution in [1.29, 1.82) is 0 Å². The number of rotatable bonds is 2. The van der Waals surface area contributed by atoms with E-state index in [1.165, 1.54) is 11.0 Å². The summed E-state index contributed by atoms with van der Waals surface area (Å²) in [7, 11) is 0. The minimum atomic E-state index is -0.497. The highest BCUT2D eigenvalue weighted by atomic mass is 79.9. The molecule has 0 unspecified atom stereocenters. The summed E-state index contributed by atoms with van der Waals surface area (Å²) in [6.45, 7) is 0.688. The van der Waals surface area contributed by atoms with Crippen LogP contribution >= 0.6 is 15.9 Å². The number of ether oxygens (including phenoxy) is 1. The lowest BCUT2D eigenvalue weighted by Gasteiger charge is -2.26. The van der Waals surface area contributed by atoms with Crippen molar-refractivity contribution in [3.8, 4) is 0 Å². The molecule has 1 amide bonds. The van der Waals surface area contributed by atoms with Crippen LogP contribution in [0.1, 0.15) is 0 Å². The van der Waals surface area contributed by atoms with Crippen molar-refractivity contribution in [3.63, 3.8) is 0 Å². The molecule has 1 aromatic rings. The monoisotopic (exact) mass is 300 g/mol. The summed E-state index contributed by atoms with van der Waals surface area (Å²) >= 11 is 3.17. The Bertz CT molecular complexity index is 477. The molecule has 1 heterocycles. The second kappa shape index (κ2) is 4.80. The van der Waals surface area contributed by atoms with Crippen molar-refractivity contribution >= 4 is 33.2 Å². The Kier molecular flexibility index (Phi) is 3.39. The molecule has 0 aromatic heterocycles. The number of nitrogens with zero attached hydrogens (tertiary/aromatic N) is 2. The summed E-state index contributed by atoms with van der Waals surface area (Å²) in [5, 5.41) is 10.9. The Balaban J connectivity index is 2.43. The van der Waals surface area contributed by atoms with Gasteiger partial charge in [-0.3, -0.25) is 14.9 Å². The lowest BCUT2D eigenvalue weighted by atomic mass is 10.2. The zero-order chi connectivity index (χ0) is 12.4. The third-order valence-corrected chi connectivity index (χ3v) is 2.90. The fourth-order valence-electron chi connectivity index (χ4n) is 1.64. The van der Waals surface area contributed by atoms with Crippen LogP contribution in [0.4, 0.5) is 11.4 Å². The molecule has 0 saturated carbocycles. The first-order valence-electron chi connectivity index (χ1n) is 4.91. The van der Waals surface area contributed by atoms with E-state index in [4.69, 9.17) is 4.74 Å². The fraction of sp³-hybridized carbons (Fsp3) is 0.300. The van der Waals surface area contributed by atoms with E-state index < -0.39 is 4.92 Å². The number of amides is 1. The van der Waals surface area contributed by atoms with Gasteiger partial charge < -0.3 is 9.64 Å². The Morgan fingerprint density at radius 1 is 1.47 bits per heavy atom. The minimum absolute atomic E-state index is 0.0345. The summed E-state index contributed by atoms with van der Waals surface area (Å²) in [6.07, 6.45) is 0. The van der Waals surface area contributed by atoms with E-state index >= 15 is 0 Å². The van der Waals surface area contributed by atoms with Gasteiger partial charge >= 0.3 is 0 Å². The van der Waals surface area contributed by atoms with Gasteiger partial charge in [-0.05, 0) is 12.1 Å². The number of hydrogen-bond acceptors (Lipinski definition) is 4. The van der Waals surface area contributed by atoms with Gasteiger partial charge in [0, 0.05) is 17.1 Å². The standard InChI is InChI=1S/C10H9BrN2O4/c11-7-1-2-8(9(5-7)13(15)16)12-3-4-17-6-10(12)14/h1-2,5H,3-4,6H2. The molecule has 0 spiro atoms. The lowest BCUT2D eigenvalue weighted by molar-refractivity contribution is -0.384. The molecule has 1 aliphatic heterocycles. The molecule has 1 fully saturated rings. The second-order valence-corrected chi connectivity index (χ2v) is 4.40. The van der Waals surface area contributed by atoms with E-state index in [0.717, 1.165) is 0 Å². The van der Waals surface area contributed by atoms with Gasteiger partial charge in [0.25, 0.3) is 11.6 Å². The summed E-state index contributed by atoms with van der Waals surface area (Å²) < 4.78 is 5.59. The van der Waals surface area contributed by atoms with Gasteiger partial charge in [-0.15, -0.1) is 0 Å². The molecule has 7 heteroatoms. The van der Waals surface area contributed by atoms with Crippen molar-refractivity contribution in [3.05, 3.63) is 32.8 Å². The Morgan fingerprint density at radius 3 is 2.88 bits per heavy atom. The molecule has 1 aromatic carbocycles. The minimum Gasteiger partial charge on any atom is -0.370 e. The third-order valence-electron chi connectivity index (χ3n) is 2.41. The van der Waals surface area contributed by atoms with Crippen molar-refractivity contribution in [2.45, 2.75) is 0 Å². The molecular weight excluding hydrogens is 292 g/mol. The molecule has 0 aliphatic carbocycles. The van der Waals surface area contributed by atoms with Crippen molar-refractivity contribution in [2.75, 3.05) is 24.7 Å². The van der Waals surface area contributed by atoms with E-state index in [2.05, 4.69) is 15.9 Å². The molecule has 17 heavy (non-hydrogen) atoms. The lowest BCUT2D eigenvalue weighted by Crippen LogP contribution is -2.41. The number of anilines is 1. The highest BCUT2D eigenvalue weighted by Gasteiger charge is 2.26. The van der Waals surface area contributed by atoms with Gasteiger partial charge in [-0.1, -0.05) is 15.9 Å². The van der Waals surface area contributed by atoms with Gasteiger partial charge in [0.05, 0.1) is 11.5 Å². The van der Waals surface area contributed by atoms with Gasteiger partial charge in [-0.2, -0.15) is 0 Å². The molecule has 1 aliphatic rings. The van der Waals surface area contributed by atoms with Crippen molar-refractivity contribution in [1.82, 2.24) is 0 Å². The maximum atomic E-state index is 11.6. The second-order valence-electron chi connectivity index (χ2n) is 3.49. The van der Waals surface area contributed by atoms with Gasteiger partial charge in [0.1, 0.15) is 12.3 Å². The predicted octanol–water partition coefficient (Wildman–Crippen LogP) is 1.72. The van der Waals surface area contributed by atoms with Crippen LogP contribution in [0.3, 0.4) is 0 Å².